The lowest BCUT2D eigenvalue weighted by Crippen LogP contribution is -2.39. The van der Waals surface area contributed by atoms with Crippen LogP contribution < -0.4 is 4.72 Å². The normalized spacial score (nSPS) is 13.6. The first kappa shape index (κ1) is 14.6. The Morgan fingerprint density at radius 2 is 2.06 bits per heavy atom. The molecule has 0 aliphatic rings. The Balaban J connectivity index is 2.92. The molecule has 1 aromatic rings. The molecule has 1 N–H and O–H groups in total. The Morgan fingerprint density at radius 1 is 1.41 bits per heavy atom. The molecule has 1 atom stereocenters. The predicted molar refractivity (Wildman–Crippen MR) is 71.0 cm³/mol. The van der Waals surface area contributed by atoms with Crippen molar-refractivity contribution in [3.63, 3.8) is 0 Å². The van der Waals surface area contributed by atoms with Crippen LogP contribution in [0.15, 0.2) is 29.2 Å². The van der Waals surface area contributed by atoms with E-state index in [2.05, 4.69) is 20.7 Å². The summed E-state index contributed by atoms with van der Waals surface area (Å²) in [6, 6.07) is 6.61. The standard InChI is InChI=1S/C11H16BrNO3S/c1-9-5-3-4-6-11(9)17(14,15)13-10(7-12)8-16-2/h3-6,10,13H,7-8H2,1-2H3. The molecule has 4 nitrogen and oxygen atoms in total. The lowest BCUT2D eigenvalue weighted by Gasteiger charge is -2.16. The third kappa shape index (κ3) is 4.06. The number of hydrogen-bond donors (Lipinski definition) is 1. The quantitative estimate of drug-likeness (QED) is 0.811. The van der Waals surface area contributed by atoms with E-state index >= 15 is 0 Å². The topological polar surface area (TPSA) is 55.4 Å². The Bertz CT molecular complexity index is 462. The molecule has 0 radical (unpaired) electrons. The third-order valence-electron chi connectivity index (χ3n) is 2.26. The van der Waals surface area contributed by atoms with Gasteiger partial charge in [0.15, 0.2) is 0 Å². The summed E-state index contributed by atoms with van der Waals surface area (Å²) in [5, 5.41) is 0.506. The van der Waals surface area contributed by atoms with Crippen LogP contribution in [0, 0.1) is 6.92 Å². The lowest BCUT2D eigenvalue weighted by molar-refractivity contribution is 0.182. The Morgan fingerprint density at radius 3 is 2.59 bits per heavy atom. The van der Waals surface area contributed by atoms with Crippen molar-refractivity contribution in [2.75, 3.05) is 19.0 Å². The fourth-order valence-corrected chi connectivity index (χ4v) is 3.48. The van der Waals surface area contributed by atoms with Crippen molar-refractivity contribution in [1.82, 2.24) is 4.72 Å². The van der Waals surface area contributed by atoms with Gasteiger partial charge in [-0.1, -0.05) is 34.1 Å². The molecule has 0 aliphatic heterocycles. The summed E-state index contributed by atoms with van der Waals surface area (Å²) in [4.78, 5) is 0.307. The summed E-state index contributed by atoms with van der Waals surface area (Å²) in [5.74, 6) is 0. The van der Waals surface area contributed by atoms with Crippen LogP contribution in [0.4, 0.5) is 0 Å². The number of halogens is 1. The highest BCUT2D eigenvalue weighted by molar-refractivity contribution is 9.09. The van der Waals surface area contributed by atoms with Crippen LogP contribution in [0.2, 0.25) is 0 Å². The highest BCUT2D eigenvalue weighted by atomic mass is 79.9. The van der Waals surface area contributed by atoms with Crippen molar-refractivity contribution in [1.29, 1.82) is 0 Å². The number of aryl methyl sites for hydroxylation is 1. The molecule has 0 aromatic heterocycles. The first-order valence-corrected chi connectivity index (χ1v) is 7.74. The smallest absolute Gasteiger partial charge is 0.241 e. The van der Waals surface area contributed by atoms with Crippen molar-refractivity contribution in [3.8, 4) is 0 Å². The minimum Gasteiger partial charge on any atom is -0.383 e. The number of rotatable bonds is 6. The number of sulfonamides is 1. The van der Waals surface area contributed by atoms with Gasteiger partial charge in [-0.25, -0.2) is 13.1 Å². The van der Waals surface area contributed by atoms with E-state index in [1.165, 1.54) is 7.11 Å². The Hall–Kier alpha value is -0.430. The summed E-state index contributed by atoms with van der Waals surface area (Å²) in [5.41, 5.74) is 0.728. The molecule has 0 saturated carbocycles. The molecule has 0 heterocycles. The second kappa shape index (κ2) is 6.49. The van der Waals surface area contributed by atoms with Gasteiger partial charge >= 0.3 is 0 Å². The van der Waals surface area contributed by atoms with E-state index in [1.807, 2.05) is 6.07 Å². The summed E-state index contributed by atoms with van der Waals surface area (Å²) in [6.45, 7) is 2.10. The van der Waals surface area contributed by atoms with Gasteiger partial charge in [0.05, 0.1) is 17.5 Å². The predicted octanol–water partition coefficient (Wildman–Crippen LogP) is 1.68. The summed E-state index contributed by atoms with van der Waals surface area (Å²) < 4.78 is 31.8. The van der Waals surface area contributed by atoms with Crippen LogP contribution in [-0.2, 0) is 14.8 Å². The van der Waals surface area contributed by atoms with Gasteiger partial charge < -0.3 is 4.74 Å². The number of hydrogen-bond acceptors (Lipinski definition) is 3. The molecule has 0 aliphatic carbocycles. The van der Waals surface area contributed by atoms with E-state index in [0.717, 1.165) is 5.56 Å². The van der Waals surface area contributed by atoms with E-state index in [1.54, 1.807) is 25.1 Å². The zero-order valence-corrected chi connectivity index (χ0v) is 12.2. The van der Waals surface area contributed by atoms with Gasteiger partial charge in [-0.15, -0.1) is 0 Å². The molecule has 1 unspecified atom stereocenters. The summed E-state index contributed by atoms with van der Waals surface area (Å²) in [7, 11) is -1.95. The van der Waals surface area contributed by atoms with Gasteiger partial charge in [0.25, 0.3) is 0 Å². The molecule has 0 amide bonds. The molecule has 0 spiro atoms. The second-order valence-electron chi connectivity index (χ2n) is 3.69. The average molecular weight is 322 g/mol. The van der Waals surface area contributed by atoms with Gasteiger partial charge in [-0.05, 0) is 18.6 Å². The lowest BCUT2D eigenvalue weighted by atomic mass is 10.2. The van der Waals surface area contributed by atoms with Crippen LogP contribution in [-0.4, -0.2) is 33.5 Å². The van der Waals surface area contributed by atoms with Crippen LogP contribution >= 0.6 is 15.9 Å². The van der Waals surface area contributed by atoms with Crippen molar-refractivity contribution in [2.24, 2.45) is 0 Å². The highest BCUT2D eigenvalue weighted by Gasteiger charge is 2.20. The molecule has 1 rings (SSSR count). The molecular weight excluding hydrogens is 306 g/mol. The monoisotopic (exact) mass is 321 g/mol. The maximum absolute atomic E-state index is 12.1. The largest absolute Gasteiger partial charge is 0.383 e. The van der Waals surface area contributed by atoms with Crippen LogP contribution in [0.5, 0.6) is 0 Å². The third-order valence-corrected chi connectivity index (χ3v) is 4.72. The molecule has 17 heavy (non-hydrogen) atoms. The maximum Gasteiger partial charge on any atom is 0.241 e. The average Bonchev–Trinajstić information content (AvgIpc) is 2.28. The number of methoxy groups -OCH3 is 1. The zero-order chi connectivity index (χ0) is 12.9. The number of benzene rings is 1. The Labute approximate surface area is 111 Å². The SMILES string of the molecule is COCC(CBr)NS(=O)(=O)c1ccccc1C. The van der Waals surface area contributed by atoms with E-state index in [0.29, 0.717) is 16.8 Å². The van der Waals surface area contributed by atoms with E-state index in [-0.39, 0.29) is 6.04 Å². The Kier molecular flexibility index (Phi) is 5.58. The maximum atomic E-state index is 12.1. The summed E-state index contributed by atoms with van der Waals surface area (Å²) >= 11 is 3.25. The molecule has 0 fully saturated rings. The van der Waals surface area contributed by atoms with E-state index < -0.39 is 10.0 Å². The van der Waals surface area contributed by atoms with E-state index in [4.69, 9.17) is 4.74 Å². The van der Waals surface area contributed by atoms with Crippen LogP contribution in [0.1, 0.15) is 5.56 Å². The van der Waals surface area contributed by atoms with Crippen LogP contribution in [0.3, 0.4) is 0 Å². The number of nitrogens with one attached hydrogen (secondary N) is 1. The molecule has 1 aromatic carbocycles. The fourth-order valence-electron chi connectivity index (χ4n) is 1.45. The first-order valence-electron chi connectivity index (χ1n) is 5.14. The van der Waals surface area contributed by atoms with Crippen molar-refractivity contribution >= 4 is 26.0 Å². The number of alkyl halides is 1. The van der Waals surface area contributed by atoms with Gasteiger partial charge in [0, 0.05) is 12.4 Å². The van der Waals surface area contributed by atoms with Crippen molar-refractivity contribution in [2.45, 2.75) is 17.9 Å². The summed E-state index contributed by atoms with van der Waals surface area (Å²) in [6.07, 6.45) is 0. The highest BCUT2D eigenvalue weighted by Crippen LogP contribution is 2.14. The second-order valence-corrected chi connectivity index (χ2v) is 6.02. The molecule has 6 heteroatoms. The number of ether oxygens (including phenoxy) is 1. The first-order chi connectivity index (χ1) is 8.01. The van der Waals surface area contributed by atoms with Crippen molar-refractivity contribution in [3.05, 3.63) is 29.8 Å². The van der Waals surface area contributed by atoms with Crippen molar-refractivity contribution < 1.29 is 13.2 Å². The molecule has 0 saturated heterocycles. The van der Waals surface area contributed by atoms with Gasteiger partial charge in [-0.2, -0.15) is 0 Å². The minimum atomic E-state index is -3.48. The van der Waals surface area contributed by atoms with Gasteiger partial charge in [0.2, 0.25) is 10.0 Å². The minimum absolute atomic E-state index is 0.274. The zero-order valence-electron chi connectivity index (χ0n) is 9.81. The van der Waals surface area contributed by atoms with Gasteiger partial charge in [0.1, 0.15) is 0 Å². The molecule has 0 bridgehead atoms. The van der Waals surface area contributed by atoms with Crippen LogP contribution in [0.25, 0.3) is 0 Å². The fraction of sp³-hybridized carbons (Fsp3) is 0.455. The van der Waals surface area contributed by atoms with Gasteiger partial charge in [-0.3, -0.25) is 0 Å². The molecular formula is C11H16BrNO3S. The van der Waals surface area contributed by atoms with E-state index in [9.17, 15) is 8.42 Å². The molecule has 96 valence electrons.